The number of phosphoric ester groups is 2. The third-order valence-electron chi connectivity index (χ3n) is 14.4. The normalized spacial score (nSPS) is 14.7. The second kappa shape index (κ2) is 55.0. The lowest BCUT2D eigenvalue weighted by Gasteiger charge is -2.21. The van der Waals surface area contributed by atoms with Gasteiger partial charge in [0, 0.05) is 25.7 Å². The number of carbonyl (C=O) groups excluding carboxylic acids is 4. The van der Waals surface area contributed by atoms with Gasteiger partial charge in [0.2, 0.25) is 0 Å². The van der Waals surface area contributed by atoms with Gasteiger partial charge in [-0.2, -0.15) is 0 Å². The van der Waals surface area contributed by atoms with E-state index < -0.39 is 97.5 Å². The predicted octanol–water partition coefficient (Wildman–Crippen LogP) is 16.6. The number of ether oxygens (including phenoxy) is 4. The van der Waals surface area contributed by atoms with Crippen LogP contribution < -0.4 is 0 Å². The summed E-state index contributed by atoms with van der Waals surface area (Å²) >= 11 is 0. The van der Waals surface area contributed by atoms with E-state index in [1.54, 1.807) is 0 Å². The minimum atomic E-state index is -4.94. The smallest absolute Gasteiger partial charge is 0.462 e. The molecule has 0 amide bonds. The first-order chi connectivity index (χ1) is 38.6. The largest absolute Gasteiger partial charge is 0.472 e. The molecule has 0 aliphatic heterocycles. The van der Waals surface area contributed by atoms with Crippen molar-refractivity contribution in [1.29, 1.82) is 0 Å². The van der Waals surface area contributed by atoms with Gasteiger partial charge in [-0.15, -0.1) is 0 Å². The Morgan fingerprint density at radius 3 is 0.887 bits per heavy atom. The van der Waals surface area contributed by atoms with Crippen molar-refractivity contribution in [3.63, 3.8) is 0 Å². The Hall–Kier alpha value is -1.94. The number of unbranched alkanes of at least 4 members (excludes halogenated alkanes) is 32. The lowest BCUT2D eigenvalue weighted by Crippen LogP contribution is -2.30. The highest BCUT2D eigenvalue weighted by atomic mass is 31.2. The molecule has 0 bridgehead atoms. The highest BCUT2D eigenvalue weighted by Crippen LogP contribution is 2.45. The molecule has 0 heterocycles. The lowest BCUT2D eigenvalue weighted by molar-refractivity contribution is -0.161. The zero-order chi connectivity index (χ0) is 59.2. The van der Waals surface area contributed by atoms with E-state index in [-0.39, 0.29) is 25.7 Å². The van der Waals surface area contributed by atoms with Crippen LogP contribution >= 0.6 is 15.6 Å². The summed E-state index contributed by atoms with van der Waals surface area (Å²) in [6, 6.07) is 0. The fourth-order valence-electron chi connectivity index (χ4n) is 9.02. The first-order valence-corrected chi connectivity index (χ1v) is 35.2. The SMILES string of the molecule is CCCCCCCCCCCCCCCCCC(=O)O[C@H](COC(=O)CCCCCCCCC(C)CC)COP(=O)(O)OC[C@@H](O)COP(=O)(O)OC[C@@H](COC(=O)CCCCCCCCC)OC(=O)CCCCCCCCCC. The minimum absolute atomic E-state index is 0.104. The first-order valence-electron chi connectivity index (χ1n) is 32.2. The standard InChI is InChI=1S/C61H118O17P2/c1-6-10-13-16-19-21-22-23-24-25-26-27-30-37-42-47-61(66)78-57(51-72-59(64)45-40-35-32-31-33-38-43-54(5)9-4)53-76-80(69,70)74-49-55(62)48-73-79(67,68)75-52-56(50-71-58(63)44-39-34-28-18-15-12-8-3)77-60(65)46-41-36-29-20-17-14-11-7-2/h54-57,62H,6-53H2,1-5H3,(H,67,68)(H,69,70)/t54?,55-,56+,57+/m0/s1. The summed E-state index contributed by atoms with van der Waals surface area (Å²) in [7, 11) is -9.87. The Bertz CT molecular complexity index is 1570. The Morgan fingerprint density at radius 1 is 0.350 bits per heavy atom. The van der Waals surface area contributed by atoms with Crippen molar-refractivity contribution in [3.05, 3.63) is 0 Å². The molecule has 80 heavy (non-hydrogen) atoms. The Balaban J connectivity index is 5.19. The molecule has 0 aromatic carbocycles. The van der Waals surface area contributed by atoms with Gasteiger partial charge in [-0.05, 0) is 31.6 Å². The maximum Gasteiger partial charge on any atom is 0.472 e. The molecule has 0 aromatic rings. The number of hydrogen-bond donors (Lipinski definition) is 3. The molecule has 474 valence electrons. The predicted molar refractivity (Wildman–Crippen MR) is 317 cm³/mol. The fraction of sp³-hybridized carbons (Fsp3) is 0.934. The molecule has 0 aliphatic carbocycles. The summed E-state index contributed by atoms with van der Waals surface area (Å²) in [5.41, 5.74) is 0. The van der Waals surface area contributed by atoms with Crippen molar-refractivity contribution in [2.75, 3.05) is 39.6 Å². The van der Waals surface area contributed by atoms with Crippen molar-refractivity contribution < 1.29 is 80.2 Å². The molecule has 0 radical (unpaired) electrons. The lowest BCUT2D eigenvalue weighted by atomic mass is 10.00. The molecule has 17 nitrogen and oxygen atoms in total. The number of phosphoric acid groups is 2. The zero-order valence-electron chi connectivity index (χ0n) is 51.2. The van der Waals surface area contributed by atoms with E-state index in [0.717, 1.165) is 121 Å². The second-order valence-electron chi connectivity index (χ2n) is 22.3. The van der Waals surface area contributed by atoms with Gasteiger partial charge in [-0.3, -0.25) is 37.3 Å². The Morgan fingerprint density at radius 2 is 0.600 bits per heavy atom. The van der Waals surface area contributed by atoms with Crippen molar-refractivity contribution in [1.82, 2.24) is 0 Å². The number of carbonyl (C=O) groups is 4. The molecule has 0 saturated heterocycles. The average Bonchev–Trinajstić information content (AvgIpc) is 3.43. The molecule has 19 heteroatoms. The van der Waals surface area contributed by atoms with Crippen LogP contribution in [0.5, 0.6) is 0 Å². The molecule has 0 rings (SSSR count). The number of esters is 4. The molecule has 0 aliphatic rings. The van der Waals surface area contributed by atoms with Crippen LogP contribution in [-0.4, -0.2) is 96.7 Å². The molecular weight excluding hydrogens is 1070 g/mol. The first kappa shape index (κ1) is 78.1. The van der Waals surface area contributed by atoms with Gasteiger partial charge in [0.15, 0.2) is 12.2 Å². The summed E-state index contributed by atoms with van der Waals surface area (Å²) < 4.78 is 67.7. The number of aliphatic hydroxyl groups excluding tert-OH is 1. The van der Waals surface area contributed by atoms with Gasteiger partial charge in [0.1, 0.15) is 19.3 Å². The van der Waals surface area contributed by atoms with Crippen LogP contribution in [-0.2, 0) is 65.4 Å². The van der Waals surface area contributed by atoms with E-state index in [2.05, 4.69) is 34.6 Å². The van der Waals surface area contributed by atoms with Crippen molar-refractivity contribution >= 4 is 39.5 Å². The zero-order valence-corrected chi connectivity index (χ0v) is 53.0. The monoisotopic (exact) mass is 1180 g/mol. The summed E-state index contributed by atoms with van der Waals surface area (Å²) in [6.45, 7) is 7.07. The molecule has 0 spiro atoms. The Labute approximate surface area is 486 Å². The van der Waals surface area contributed by atoms with Crippen LogP contribution in [0.3, 0.4) is 0 Å². The molecule has 0 fully saturated rings. The maximum atomic E-state index is 12.9. The summed E-state index contributed by atoms with van der Waals surface area (Å²) in [5.74, 6) is -1.41. The van der Waals surface area contributed by atoms with Crippen LogP contribution in [0.15, 0.2) is 0 Å². The van der Waals surface area contributed by atoms with Crippen molar-refractivity contribution in [2.24, 2.45) is 5.92 Å². The van der Waals surface area contributed by atoms with Gasteiger partial charge in [0.25, 0.3) is 0 Å². The average molecular weight is 1190 g/mol. The quantitative estimate of drug-likeness (QED) is 0.0222. The highest BCUT2D eigenvalue weighted by molar-refractivity contribution is 7.47. The molecule has 3 N–H and O–H groups in total. The van der Waals surface area contributed by atoms with Crippen LogP contribution in [0.1, 0.15) is 304 Å². The molecule has 3 unspecified atom stereocenters. The van der Waals surface area contributed by atoms with Crippen LogP contribution in [0.2, 0.25) is 0 Å². The third kappa shape index (κ3) is 54.0. The van der Waals surface area contributed by atoms with E-state index in [1.165, 1.54) is 103 Å². The molecular formula is C61H118O17P2. The van der Waals surface area contributed by atoms with Gasteiger partial charge in [0.05, 0.1) is 26.4 Å². The molecule has 0 saturated carbocycles. The number of aliphatic hydroxyl groups is 1. The third-order valence-corrected chi connectivity index (χ3v) is 16.3. The van der Waals surface area contributed by atoms with E-state index in [4.69, 9.17) is 37.0 Å². The number of hydrogen-bond acceptors (Lipinski definition) is 15. The van der Waals surface area contributed by atoms with Gasteiger partial charge in [-0.1, -0.05) is 253 Å². The fourth-order valence-corrected chi connectivity index (χ4v) is 10.6. The number of rotatable bonds is 61. The maximum absolute atomic E-state index is 12.9. The van der Waals surface area contributed by atoms with Crippen LogP contribution in [0, 0.1) is 5.92 Å². The topological polar surface area (TPSA) is 237 Å². The van der Waals surface area contributed by atoms with Crippen LogP contribution in [0.4, 0.5) is 0 Å². The molecule has 6 atom stereocenters. The van der Waals surface area contributed by atoms with Gasteiger partial charge < -0.3 is 33.8 Å². The van der Waals surface area contributed by atoms with E-state index in [9.17, 15) is 43.2 Å². The highest BCUT2D eigenvalue weighted by Gasteiger charge is 2.30. The Kier molecular flexibility index (Phi) is 53.6. The second-order valence-corrected chi connectivity index (χ2v) is 25.2. The van der Waals surface area contributed by atoms with Crippen LogP contribution in [0.25, 0.3) is 0 Å². The minimum Gasteiger partial charge on any atom is -0.462 e. The summed E-state index contributed by atoms with van der Waals surface area (Å²) in [4.78, 5) is 71.9. The van der Waals surface area contributed by atoms with E-state index >= 15 is 0 Å². The summed E-state index contributed by atoms with van der Waals surface area (Å²) in [6.07, 6.45) is 37.7. The van der Waals surface area contributed by atoms with Gasteiger partial charge in [-0.25, -0.2) is 9.13 Å². The van der Waals surface area contributed by atoms with Gasteiger partial charge >= 0.3 is 39.5 Å². The van der Waals surface area contributed by atoms with Crippen molar-refractivity contribution in [3.8, 4) is 0 Å². The van der Waals surface area contributed by atoms with E-state index in [0.29, 0.717) is 25.7 Å². The van der Waals surface area contributed by atoms with E-state index in [1.807, 2.05) is 0 Å². The van der Waals surface area contributed by atoms with Crippen molar-refractivity contribution in [2.45, 2.75) is 323 Å². The molecule has 0 aromatic heterocycles. The summed E-state index contributed by atoms with van der Waals surface area (Å²) in [5, 5.41) is 10.5.